The van der Waals surface area contributed by atoms with Crippen LogP contribution in [0.25, 0.3) is 22.3 Å². The number of imidazole rings is 1. The number of hydrogen-bond acceptors (Lipinski definition) is 8. The van der Waals surface area contributed by atoms with E-state index in [2.05, 4.69) is 30.2 Å². The number of aldehydes is 1. The zero-order valence-electron chi connectivity index (χ0n) is 22.4. The molecule has 0 unspecified atom stereocenters. The topological polar surface area (TPSA) is 98.1 Å². The lowest BCUT2D eigenvalue weighted by atomic mass is 10.0. The van der Waals surface area contributed by atoms with Gasteiger partial charge >= 0.3 is 0 Å². The first-order chi connectivity index (χ1) is 18.7. The van der Waals surface area contributed by atoms with E-state index in [0.717, 1.165) is 24.6 Å². The van der Waals surface area contributed by atoms with Crippen molar-refractivity contribution in [1.29, 1.82) is 0 Å². The summed E-state index contributed by atoms with van der Waals surface area (Å²) in [6, 6.07) is 6.73. The van der Waals surface area contributed by atoms with Crippen molar-refractivity contribution >= 4 is 29.1 Å². The van der Waals surface area contributed by atoms with Crippen molar-refractivity contribution in [2.45, 2.75) is 52.3 Å². The third-order valence-corrected chi connectivity index (χ3v) is 6.86. The lowest BCUT2D eigenvalue weighted by Crippen LogP contribution is -2.49. The van der Waals surface area contributed by atoms with Gasteiger partial charge in [-0.1, -0.05) is 6.07 Å². The molecule has 5 rings (SSSR count). The van der Waals surface area contributed by atoms with Crippen LogP contribution in [0.1, 0.15) is 44.6 Å². The SMILES string of the molecule is Cc1nc2c(F)cc(-c3nc(Nc4ccc(CN5CCO[C@](C)(CC=O)C5)cn4)ncc3F)cc2n1C(C)C. The molecule has 3 aromatic heterocycles. The van der Waals surface area contributed by atoms with Crippen LogP contribution in [-0.4, -0.2) is 61.0 Å². The molecule has 0 aliphatic carbocycles. The van der Waals surface area contributed by atoms with Crippen LogP contribution in [0.3, 0.4) is 0 Å². The lowest BCUT2D eigenvalue weighted by Gasteiger charge is -2.39. The summed E-state index contributed by atoms with van der Waals surface area (Å²) < 4.78 is 37.5. The van der Waals surface area contributed by atoms with Gasteiger partial charge in [0, 0.05) is 43.9 Å². The molecule has 0 saturated carbocycles. The molecule has 1 fully saturated rings. The van der Waals surface area contributed by atoms with Crippen molar-refractivity contribution in [3.05, 3.63) is 59.7 Å². The van der Waals surface area contributed by atoms with Crippen LogP contribution < -0.4 is 5.32 Å². The molecule has 0 amide bonds. The summed E-state index contributed by atoms with van der Waals surface area (Å²) in [6.07, 6.45) is 4.05. The van der Waals surface area contributed by atoms with E-state index >= 15 is 0 Å². The normalized spacial score (nSPS) is 18.1. The highest BCUT2D eigenvalue weighted by Gasteiger charge is 2.31. The quantitative estimate of drug-likeness (QED) is 0.316. The predicted molar refractivity (Wildman–Crippen MR) is 144 cm³/mol. The first-order valence-corrected chi connectivity index (χ1v) is 12.9. The second-order valence-electron chi connectivity index (χ2n) is 10.4. The highest BCUT2D eigenvalue weighted by Crippen LogP contribution is 2.30. The molecule has 204 valence electrons. The van der Waals surface area contributed by atoms with E-state index in [1.807, 2.05) is 38.3 Å². The number of morpholine rings is 1. The Morgan fingerprint density at radius 2 is 1.97 bits per heavy atom. The van der Waals surface area contributed by atoms with Gasteiger partial charge in [-0.2, -0.15) is 0 Å². The van der Waals surface area contributed by atoms with Crippen LogP contribution >= 0.6 is 0 Å². The fourth-order valence-electron chi connectivity index (χ4n) is 5.11. The average Bonchev–Trinajstić information content (AvgIpc) is 3.23. The third kappa shape index (κ3) is 5.64. The zero-order chi connectivity index (χ0) is 27.7. The molecule has 0 radical (unpaired) electrons. The van der Waals surface area contributed by atoms with Crippen LogP contribution in [-0.2, 0) is 16.1 Å². The summed E-state index contributed by atoms with van der Waals surface area (Å²) >= 11 is 0. The zero-order valence-corrected chi connectivity index (χ0v) is 22.4. The summed E-state index contributed by atoms with van der Waals surface area (Å²) in [5.41, 5.74) is 1.61. The minimum atomic E-state index is -0.665. The molecule has 1 aliphatic rings. The number of nitrogens with one attached hydrogen (secondary N) is 1. The van der Waals surface area contributed by atoms with Crippen LogP contribution in [0.15, 0.2) is 36.7 Å². The number of carbonyl (C=O) groups excluding carboxylic acids is 1. The summed E-state index contributed by atoms with van der Waals surface area (Å²) in [6.45, 7) is 10.4. The number of benzene rings is 1. The van der Waals surface area contributed by atoms with Crippen molar-refractivity contribution < 1.29 is 18.3 Å². The molecular weight excluding hydrogens is 504 g/mol. The number of aryl methyl sites for hydroxylation is 1. The Labute approximate surface area is 225 Å². The fourth-order valence-corrected chi connectivity index (χ4v) is 5.11. The van der Waals surface area contributed by atoms with Gasteiger partial charge in [0.1, 0.15) is 29.1 Å². The largest absolute Gasteiger partial charge is 0.372 e. The molecule has 1 aliphatic heterocycles. The number of anilines is 2. The monoisotopic (exact) mass is 535 g/mol. The van der Waals surface area contributed by atoms with Gasteiger partial charge in [-0.3, -0.25) is 4.90 Å². The molecule has 9 nitrogen and oxygen atoms in total. The average molecular weight is 536 g/mol. The van der Waals surface area contributed by atoms with Gasteiger partial charge in [0.2, 0.25) is 5.95 Å². The first kappa shape index (κ1) is 26.8. The van der Waals surface area contributed by atoms with E-state index < -0.39 is 17.2 Å². The Bertz CT molecular complexity index is 1510. The van der Waals surface area contributed by atoms with Gasteiger partial charge in [-0.05, 0) is 51.5 Å². The lowest BCUT2D eigenvalue weighted by molar-refractivity contribution is -0.126. The number of nitrogens with zero attached hydrogens (tertiary/aromatic N) is 6. The third-order valence-electron chi connectivity index (χ3n) is 6.86. The number of aromatic nitrogens is 5. The van der Waals surface area contributed by atoms with Crippen LogP contribution in [0, 0.1) is 18.6 Å². The Morgan fingerprint density at radius 3 is 2.69 bits per heavy atom. The van der Waals surface area contributed by atoms with Crippen molar-refractivity contribution in [1.82, 2.24) is 29.4 Å². The van der Waals surface area contributed by atoms with Crippen LogP contribution in [0.2, 0.25) is 0 Å². The Morgan fingerprint density at radius 1 is 1.15 bits per heavy atom. The van der Waals surface area contributed by atoms with Gasteiger partial charge in [-0.25, -0.2) is 28.7 Å². The fraction of sp³-hybridized carbons (Fsp3) is 0.393. The molecule has 4 heterocycles. The molecule has 4 aromatic rings. The summed E-state index contributed by atoms with van der Waals surface area (Å²) in [7, 11) is 0. The van der Waals surface area contributed by atoms with Crippen molar-refractivity contribution in [3.8, 4) is 11.3 Å². The minimum absolute atomic E-state index is 0.0234. The Kier molecular flexibility index (Phi) is 7.37. The van der Waals surface area contributed by atoms with Gasteiger partial charge in [-0.15, -0.1) is 0 Å². The van der Waals surface area contributed by atoms with Crippen molar-refractivity contribution in [2.75, 3.05) is 25.0 Å². The Balaban J connectivity index is 1.34. The van der Waals surface area contributed by atoms with E-state index in [0.29, 0.717) is 48.8 Å². The van der Waals surface area contributed by atoms with Gasteiger partial charge < -0.3 is 19.4 Å². The minimum Gasteiger partial charge on any atom is -0.372 e. The van der Waals surface area contributed by atoms with E-state index in [4.69, 9.17) is 4.74 Å². The number of ether oxygens (including phenoxy) is 1. The van der Waals surface area contributed by atoms with E-state index in [9.17, 15) is 13.6 Å². The summed E-state index contributed by atoms with van der Waals surface area (Å²) in [5, 5.41) is 3.00. The molecule has 39 heavy (non-hydrogen) atoms. The molecule has 1 atom stereocenters. The number of hydrogen-bond donors (Lipinski definition) is 1. The smallest absolute Gasteiger partial charge is 0.229 e. The molecule has 0 spiro atoms. The van der Waals surface area contributed by atoms with Crippen LogP contribution in [0.5, 0.6) is 0 Å². The van der Waals surface area contributed by atoms with Crippen molar-refractivity contribution in [3.63, 3.8) is 0 Å². The highest BCUT2D eigenvalue weighted by molar-refractivity contribution is 5.83. The highest BCUT2D eigenvalue weighted by atomic mass is 19.1. The maximum Gasteiger partial charge on any atom is 0.229 e. The number of fused-ring (bicyclic) bond motifs is 1. The van der Waals surface area contributed by atoms with Gasteiger partial charge in [0.05, 0.1) is 23.9 Å². The van der Waals surface area contributed by atoms with Crippen LogP contribution in [0.4, 0.5) is 20.5 Å². The number of pyridine rings is 1. The maximum atomic E-state index is 15.0. The van der Waals surface area contributed by atoms with Gasteiger partial charge in [0.25, 0.3) is 0 Å². The molecule has 1 N–H and O–H groups in total. The molecular formula is C28H31F2N7O2. The second kappa shape index (κ2) is 10.7. The predicted octanol–water partition coefficient (Wildman–Crippen LogP) is 4.98. The molecule has 11 heteroatoms. The van der Waals surface area contributed by atoms with E-state index in [-0.39, 0.29) is 23.2 Å². The first-order valence-electron chi connectivity index (χ1n) is 12.9. The van der Waals surface area contributed by atoms with E-state index in [1.54, 1.807) is 18.3 Å². The molecule has 1 saturated heterocycles. The van der Waals surface area contributed by atoms with Gasteiger partial charge in [0.15, 0.2) is 11.6 Å². The number of rotatable bonds is 8. The maximum absolute atomic E-state index is 15.0. The van der Waals surface area contributed by atoms with E-state index in [1.165, 1.54) is 6.07 Å². The van der Waals surface area contributed by atoms with Crippen molar-refractivity contribution in [2.24, 2.45) is 0 Å². The standard InChI is InChI=1S/C28H31F2N7O2/c1-17(2)37-18(3)33-26-21(29)11-20(12-23(26)37)25-22(30)14-32-27(35-25)34-24-6-5-19(13-31-24)15-36-8-10-39-28(4,16-36)7-9-38/h5-6,9,11-14,17H,7-8,10,15-16H2,1-4H3,(H,31,32,34,35)/t28-/m1/s1. The molecule has 1 aromatic carbocycles. The second-order valence-corrected chi connectivity index (χ2v) is 10.4. The Hall–Kier alpha value is -3.83. The molecule has 0 bridgehead atoms. The number of halogens is 2. The number of carbonyl (C=O) groups is 1. The summed E-state index contributed by atoms with van der Waals surface area (Å²) in [4.78, 5) is 30.4. The summed E-state index contributed by atoms with van der Waals surface area (Å²) in [5.74, 6) is 0.0981.